The minimum atomic E-state index is -4.06. The Morgan fingerprint density at radius 1 is 1.09 bits per heavy atom. The van der Waals surface area contributed by atoms with Crippen molar-refractivity contribution in [2.24, 2.45) is 5.92 Å². The third-order valence-electron chi connectivity index (χ3n) is 8.47. The fourth-order valence-corrected chi connectivity index (χ4v) is 7.60. The molecule has 240 valence electrons. The first-order valence-corrected chi connectivity index (χ1v) is 17.0. The highest BCUT2D eigenvalue weighted by Gasteiger charge is 2.40. The molecule has 2 unspecified atom stereocenters. The van der Waals surface area contributed by atoms with Crippen LogP contribution in [0.4, 0.5) is 4.79 Å². The molecule has 9 nitrogen and oxygen atoms in total. The van der Waals surface area contributed by atoms with Gasteiger partial charge in [0.2, 0.25) is 10.0 Å². The van der Waals surface area contributed by atoms with Crippen LogP contribution < -0.4 is 5.32 Å². The van der Waals surface area contributed by atoms with E-state index in [1.165, 1.54) is 16.4 Å². The number of unbranched alkanes of at least 4 members (excludes halogenated alkanes) is 2. The van der Waals surface area contributed by atoms with E-state index in [0.29, 0.717) is 24.3 Å². The van der Waals surface area contributed by atoms with Gasteiger partial charge in [0.25, 0.3) is 0 Å². The predicted molar refractivity (Wildman–Crippen MR) is 169 cm³/mol. The molecular formula is C34H46N2O7S. The summed E-state index contributed by atoms with van der Waals surface area (Å²) in [7, 11) is -4.06. The Labute approximate surface area is 261 Å². The second kappa shape index (κ2) is 16.3. The van der Waals surface area contributed by atoms with E-state index in [1.807, 2.05) is 30.3 Å². The van der Waals surface area contributed by atoms with E-state index in [2.05, 4.69) is 18.5 Å². The van der Waals surface area contributed by atoms with Crippen LogP contribution in [-0.4, -0.2) is 73.1 Å². The molecule has 4 rings (SSSR count). The summed E-state index contributed by atoms with van der Waals surface area (Å²) in [5.41, 5.74) is 1.34. The average Bonchev–Trinajstić information content (AvgIpc) is 3.61. The molecule has 6 atom stereocenters. The SMILES string of the molecule is C=CCCCCN(C[C@@H](O)[C@H](Cc1ccccc1)NC(=O)O[C@@H]1CC2CCO[C@@H]2C1)S(=O)(=O)c1cccc(C(O)CC=C)c1. The van der Waals surface area contributed by atoms with Crippen LogP contribution in [0.1, 0.15) is 62.2 Å². The van der Waals surface area contributed by atoms with Crippen LogP contribution in [0.2, 0.25) is 0 Å². The summed E-state index contributed by atoms with van der Waals surface area (Å²) in [5.74, 6) is 0.398. The van der Waals surface area contributed by atoms with Crippen molar-refractivity contribution in [3.05, 3.63) is 91.0 Å². The molecule has 1 saturated carbocycles. The molecule has 0 radical (unpaired) electrons. The lowest BCUT2D eigenvalue weighted by Crippen LogP contribution is -2.51. The summed E-state index contributed by atoms with van der Waals surface area (Å²) in [6.45, 7) is 8.06. The molecule has 1 saturated heterocycles. The lowest BCUT2D eigenvalue weighted by atomic mass is 10.0. The summed E-state index contributed by atoms with van der Waals surface area (Å²) < 4.78 is 40.7. The van der Waals surface area contributed by atoms with Crippen molar-refractivity contribution in [2.75, 3.05) is 19.7 Å². The minimum Gasteiger partial charge on any atom is -0.446 e. The Balaban J connectivity index is 1.52. The molecule has 1 heterocycles. The first-order chi connectivity index (χ1) is 21.2. The molecule has 44 heavy (non-hydrogen) atoms. The molecule has 0 bridgehead atoms. The van der Waals surface area contributed by atoms with E-state index in [9.17, 15) is 23.4 Å². The van der Waals surface area contributed by atoms with Gasteiger partial charge in [-0.25, -0.2) is 13.2 Å². The Morgan fingerprint density at radius 2 is 1.89 bits per heavy atom. The molecule has 0 aromatic heterocycles. The number of carbonyl (C=O) groups excluding carboxylic acids is 1. The zero-order chi connectivity index (χ0) is 31.5. The number of sulfonamides is 1. The molecule has 1 aliphatic carbocycles. The van der Waals surface area contributed by atoms with Crippen LogP contribution in [0.3, 0.4) is 0 Å². The molecule has 1 aliphatic heterocycles. The van der Waals surface area contributed by atoms with Gasteiger partial charge in [0.15, 0.2) is 0 Å². The standard InChI is InChI=1S/C34H46N2O7S/c1-3-5-6-10-18-36(44(40,41)29-16-11-15-26(22-29)31(37)12-4-2)24-32(38)30(20-25-13-8-7-9-14-25)35-34(39)43-28-21-27-17-19-42-33(27)23-28/h3-4,7-9,11,13-16,22,27-28,30-33,37-38H,1-2,5-6,10,12,17-21,23-24H2,(H,35,39)/t27?,28-,30+,31?,32-,33-/m1/s1. The summed E-state index contributed by atoms with van der Waals surface area (Å²) in [6, 6.07) is 14.8. The molecule has 2 aromatic carbocycles. The number of hydrogen-bond acceptors (Lipinski definition) is 7. The van der Waals surface area contributed by atoms with Crippen LogP contribution in [0.25, 0.3) is 0 Å². The van der Waals surface area contributed by atoms with Crippen molar-refractivity contribution >= 4 is 16.1 Å². The van der Waals surface area contributed by atoms with Crippen LogP contribution in [0.5, 0.6) is 0 Å². The van der Waals surface area contributed by atoms with Gasteiger partial charge in [-0.3, -0.25) is 0 Å². The highest BCUT2D eigenvalue weighted by molar-refractivity contribution is 7.89. The van der Waals surface area contributed by atoms with Crippen LogP contribution >= 0.6 is 0 Å². The number of aliphatic hydroxyl groups excluding tert-OH is 2. The zero-order valence-electron chi connectivity index (χ0n) is 25.3. The second-order valence-electron chi connectivity index (χ2n) is 11.7. The highest BCUT2D eigenvalue weighted by Crippen LogP contribution is 2.37. The summed E-state index contributed by atoms with van der Waals surface area (Å²) >= 11 is 0. The first-order valence-electron chi connectivity index (χ1n) is 15.5. The Morgan fingerprint density at radius 3 is 2.61 bits per heavy atom. The van der Waals surface area contributed by atoms with E-state index < -0.39 is 34.4 Å². The van der Waals surface area contributed by atoms with E-state index in [0.717, 1.165) is 37.9 Å². The summed E-state index contributed by atoms with van der Waals surface area (Å²) in [4.78, 5) is 13.1. The van der Waals surface area contributed by atoms with Crippen molar-refractivity contribution in [3.63, 3.8) is 0 Å². The van der Waals surface area contributed by atoms with Gasteiger partial charge in [0, 0.05) is 26.1 Å². The van der Waals surface area contributed by atoms with Gasteiger partial charge in [0.1, 0.15) is 6.10 Å². The number of fused-ring (bicyclic) bond motifs is 1. The number of allylic oxidation sites excluding steroid dienone is 1. The van der Waals surface area contributed by atoms with E-state index in [-0.39, 0.29) is 43.0 Å². The van der Waals surface area contributed by atoms with Crippen LogP contribution in [-0.2, 0) is 25.9 Å². The number of carbonyl (C=O) groups is 1. The second-order valence-corrected chi connectivity index (χ2v) is 13.7. The van der Waals surface area contributed by atoms with Gasteiger partial charge in [-0.2, -0.15) is 4.31 Å². The number of alkyl carbamates (subject to hydrolysis) is 1. The van der Waals surface area contributed by atoms with Gasteiger partial charge in [-0.15, -0.1) is 13.2 Å². The smallest absolute Gasteiger partial charge is 0.407 e. The van der Waals surface area contributed by atoms with Gasteiger partial charge in [0.05, 0.1) is 29.2 Å². The average molecular weight is 627 g/mol. The van der Waals surface area contributed by atoms with E-state index in [4.69, 9.17) is 9.47 Å². The van der Waals surface area contributed by atoms with E-state index >= 15 is 0 Å². The summed E-state index contributed by atoms with van der Waals surface area (Å²) in [5, 5.41) is 24.8. The van der Waals surface area contributed by atoms with Gasteiger partial charge in [-0.05, 0) is 74.1 Å². The number of nitrogens with one attached hydrogen (secondary N) is 1. The minimum absolute atomic E-state index is 0.0232. The topological polar surface area (TPSA) is 125 Å². The molecule has 2 fully saturated rings. The largest absolute Gasteiger partial charge is 0.446 e. The summed E-state index contributed by atoms with van der Waals surface area (Å²) in [6.07, 6.45) is 5.42. The maximum Gasteiger partial charge on any atom is 0.407 e. The molecule has 10 heteroatoms. The van der Waals surface area contributed by atoms with Gasteiger partial charge >= 0.3 is 6.09 Å². The Kier molecular flexibility index (Phi) is 12.6. The first kappa shape index (κ1) is 33.9. The number of rotatable bonds is 17. The van der Waals surface area contributed by atoms with Crippen LogP contribution in [0.15, 0.2) is 84.8 Å². The van der Waals surface area contributed by atoms with Crippen molar-refractivity contribution in [1.29, 1.82) is 0 Å². The number of benzene rings is 2. The lowest BCUT2D eigenvalue weighted by Gasteiger charge is -2.30. The number of hydrogen-bond donors (Lipinski definition) is 3. The van der Waals surface area contributed by atoms with Crippen molar-refractivity contribution in [2.45, 2.75) is 86.7 Å². The van der Waals surface area contributed by atoms with Gasteiger partial charge in [-0.1, -0.05) is 54.6 Å². The molecular weight excluding hydrogens is 580 g/mol. The molecule has 3 N–H and O–H groups in total. The lowest BCUT2D eigenvalue weighted by molar-refractivity contribution is 0.0557. The molecule has 1 amide bonds. The third kappa shape index (κ3) is 9.25. The normalized spacial score (nSPS) is 21.8. The number of aliphatic hydroxyl groups is 2. The Bertz CT molecular complexity index is 1320. The van der Waals surface area contributed by atoms with E-state index in [1.54, 1.807) is 24.3 Å². The number of nitrogens with zero attached hydrogens (tertiary/aromatic N) is 1. The third-order valence-corrected chi connectivity index (χ3v) is 10.3. The number of ether oxygens (including phenoxy) is 2. The maximum absolute atomic E-state index is 14.0. The predicted octanol–water partition coefficient (Wildman–Crippen LogP) is 4.91. The van der Waals surface area contributed by atoms with Gasteiger partial charge < -0.3 is 25.0 Å². The Hall–Kier alpha value is -3.02. The molecule has 2 aromatic rings. The quantitative estimate of drug-likeness (QED) is 0.168. The van der Waals surface area contributed by atoms with Crippen molar-refractivity contribution in [3.8, 4) is 0 Å². The number of amides is 1. The highest BCUT2D eigenvalue weighted by atomic mass is 32.2. The maximum atomic E-state index is 14.0. The fraction of sp³-hybridized carbons (Fsp3) is 0.500. The zero-order valence-corrected chi connectivity index (χ0v) is 26.1. The fourth-order valence-electron chi connectivity index (χ4n) is 6.05. The molecule has 0 spiro atoms. The van der Waals surface area contributed by atoms with Crippen molar-refractivity contribution in [1.82, 2.24) is 9.62 Å². The monoisotopic (exact) mass is 626 g/mol. The van der Waals surface area contributed by atoms with Crippen LogP contribution in [0, 0.1) is 5.92 Å². The van der Waals surface area contributed by atoms with Crippen molar-refractivity contribution < 1.29 is 32.9 Å². The molecule has 2 aliphatic rings.